The van der Waals surface area contributed by atoms with Crippen molar-refractivity contribution in [2.75, 3.05) is 50.8 Å². The number of aromatic nitrogens is 3. The third-order valence-electron chi connectivity index (χ3n) is 4.80. The van der Waals surface area contributed by atoms with Gasteiger partial charge in [0.15, 0.2) is 5.69 Å². The number of ether oxygens (including phenoxy) is 1. The number of hydrogen-bond acceptors (Lipinski definition) is 7. The van der Waals surface area contributed by atoms with E-state index in [0.717, 1.165) is 51.8 Å². The van der Waals surface area contributed by atoms with Crippen LogP contribution < -0.4 is 10.6 Å². The second kappa shape index (κ2) is 7.35. The smallest absolute Gasteiger partial charge is 0.269 e. The summed E-state index contributed by atoms with van der Waals surface area (Å²) >= 11 is 0. The van der Waals surface area contributed by atoms with Crippen molar-refractivity contribution in [3.63, 3.8) is 0 Å². The van der Waals surface area contributed by atoms with Crippen molar-refractivity contribution >= 4 is 11.7 Å². The lowest BCUT2D eigenvalue weighted by atomic mass is 9.99. The molecule has 2 aromatic heterocycles. The van der Waals surface area contributed by atoms with Crippen LogP contribution in [0.5, 0.6) is 0 Å². The maximum atomic E-state index is 11.7. The van der Waals surface area contributed by atoms with Crippen LogP contribution >= 0.6 is 0 Å². The first-order valence-electron chi connectivity index (χ1n) is 8.84. The second-order valence-corrected chi connectivity index (χ2v) is 6.69. The molecule has 2 aliphatic rings. The van der Waals surface area contributed by atoms with Crippen LogP contribution in [0.3, 0.4) is 0 Å². The summed E-state index contributed by atoms with van der Waals surface area (Å²) in [6, 6.07) is 5.47. The largest absolute Gasteiger partial charge is 0.379 e. The average Bonchev–Trinajstić information content (AvgIpc) is 2.65. The topological polar surface area (TPSA) is 97.5 Å². The number of amides is 1. The van der Waals surface area contributed by atoms with Crippen LogP contribution in [0.1, 0.15) is 10.5 Å². The molecule has 0 unspecified atom stereocenters. The number of hydrogen-bond donors (Lipinski definition) is 1. The van der Waals surface area contributed by atoms with E-state index in [4.69, 9.17) is 10.5 Å². The van der Waals surface area contributed by atoms with Crippen molar-refractivity contribution in [3.8, 4) is 11.4 Å². The first kappa shape index (κ1) is 16.9. The Hall–Kier alpha value is -2.58. The van der Waals surface area contributed by atoms with E-state index in [1.807, 2.05) is 12.1 Å². The molecule has 2 aliphatic heterocycles. The van der Waals surface area contributed by atoms with Crippen LogP contribution in [0, 0.1) is 5.92 Å². The highest BCUT2D eigenvalue weighted by atomic mass is 16.5. The number of anilines is 1. The molecule has 8 heteroatoms. The van der Waals surface area contributed by atoms with Gasteiger partial charge in [-0.05, 0) is 12.1 Å². The molecule has 0 spiro atoms. The maximum absolute atomic E-state index is 11.7. The molecule has 0 radical (unpaired) electrons. The van der Waals surface area contributed by atoms with Crippen LogP contribution in [0.15, 0.2) is 30.6 Å². The number of nitrogens with zero attached hydrogens (tertiary/aromatic N) is 5. The number of morpholine rings is 1. The van der Waals surface area contributed by atoms with Crippen molar-refractivity contribution in [2.24, 2.45) is 11.7 Å². The van der Waals surface area contributed by atoms with Crippen LogP contribution in [-0.4, -0.2) is 71.7 Å². The Morgan fingerprint density at radius 1 is 1.23 bits per heavy atom. The first-order valence-corrected chi connectivity index (χ1v) is 8.84. The Balaban J connectivity index is 1.47. The van der Waals surface area contributed by atoms with Crippen molar-refractivity contribution in [1.82, 2.24) is 19.9 Å². The molecule has 2 saturated heterocycles. The Labute approximate surface area is 152 Å². The van der Waals surface area contributed by atoms with E-state index in [1.54, 1.807) is 18.5 Å². The zero-order chi connectivity index (χ0) is 17.9. The third-order valence-corrected chi connectivity index (χ3v) is 4.80. The standard InChI is InChI=1S/C18H22N6O2/c19-18(25)17-16(14-3-1-2-4-20-14)22-15(9-21-17)24-11-13(12-24)10-23-5-7-26-8-6-23/h1-4,9,13H,5-8,10-12H2,(H2,19,25). The number of rotatable bonds is 5. The molecular formula is C18H22N6O2. The fourth-order valence-electron chi connectivity index (χ4n) is 3.42. The highest BCUT2D eigenvalue weighted by Gasteiger charge is 2.31. The minimum absolute atomic E-state index is 0.151. The maximum Gasteiger partial charge on any atom is 0.269 e. The quantitative estimate of drug-likeness (QED) is 0.830. The summed E-state index contributed by atoms with van der Waals surface area (Å²) in [7, 11) is 0. The van der Waals surface area contributed by atoms with Crippen molar-refractivity contribution in [2.45, 2.75) is 0 Å². The predicted octanol–water partition coefficient (Wildman–Crippen LogP) is 0.406. The Morgan fingerprint density at radius 2 is 2.04 bits per heavy atom. The van der Waals surface area contributed by atoms with Gasteiger partial charge in [0.25, 0.3) is 5.91 Å². The molecule has 0 aliphatic carbocycles. The van der Waals surface area contributed by atoms with E-state index < -0.39 is 5.91 Å². The number of pyridine rings is 1. The summed E-state index contributed by atoms with van der Waals surface area (Å²) in [5.74, 6) is 0.774. The average molecular weight is 354 g/mol. The molecule has 0 saturated carbocycles. The summed E-state index contributed by atoms with van der Waals surface area (Å²) < 4.78 is 5.40. The fraction of sp³-hybridized carbons (Fsp3) is 0.444. The van der Waals surface area contributed by atoms with E-state index in [9.17, 15) is 4.79 Å². The SMILES string of the molecule is NC(=O)c1ncc(N2CC(CN3CCOCC3)C2)nc1-c1ccccn1. The predicted molar refractivity (Wildman–Crippen MR) is 96.7 cm³/mol. The highest BCUT2D eigenvalue weighted by Crippen LogP contribution is 2.26. The monoisotopic (exact) mass is 354 g/mol. The molecule has 136 valence electrons. The molecule has 2 aromatic rings. The van der Waals surface area contributed by atoms with Crippen molar-refractivity contribution < 1.29 is 9.53 Å². The van der Waals surface area contributed by atoms with Crippen LogP contribution in [0.25, 0.3) is 11.4 Å². The summed E-state index contributed by atoms with van der Waals surface area (Å²) in [4.78, 5) is 29.5. The van der Waals surface area contributed by atoms with Gasteiger partial charge >= 0.3 is 0 Å². The fourth-order valence-corrected chi connectivity index (χ4v) is 3.42. The summed E-state index contributed by atoms with van der Waals surface area (Å²) in [5.41, 5.74) is 6.64. The van der Waals surface area contributed by atoms with Gasteiger partial charge in [0.05, 0.1) is 25.1 Å². The first-order chi connectivity index (χ1) is 12.7. The van der Waals surface area contributed by atoms with Gasteiger partial charge in [-0.25, -0.2) is 9.97 Å². The Morgan fingerprint density at radius 3 is 2.73 bits per heavy atom. The van der Waals surface area contributed by atoms with E-state index in [1.165, 1.54) is 0 Å². The van der Waals surface area contributed by atoms with Gasteiger partial charge in [0, 0.05) is 44.8 Å². The minimum Gasteiger partial charge on any atom is -0.379 e. The lowest BCUT2D eigenvalue weighted by molar-refractivity contribution is 0.0285. The molecular weight excluding hydrogens is 332 g/mol. The number of primary amides is 1. The molecule has 0 atom stereocenters. The molecule has 4 rings (SSSR count). The molecule has 1 amide bonds. The molecule has 8 nitrogen and oxygen atoms in total. The van der Waals surface area contributed by atoms with Crippen molar-refractivity contribution in [3.05, 3.63) is 36.3 Å². The van der Waals surface area contributed by atoms with Gasteiger partial charge in [-0.3, -0.25) is 14.7 Å². The summed E-state index contributed by atoms with van der Waals surface area (Å²) in [5, 5.41) is 0. The molecule has 2 fully saturated rings. The molecule has 0 bridgehead atoms. The highest BCUT2D eigenvalue weighted by molar-refractivity contribution is 5.96. The van der Waals surface area contributed by atoms with Gasteiger partial charge in [-0.1, -0.05) is 6.07 Å². The van der Waals surface area contributed by atoms with Crippen LogP contribution in [-0.2, 0) is 4.74 Å². The van der Waals surface area contributed by atoms with E-state index in [-0.39, 0.29) is 5.69 Å². The second-order valence-electron chi connectivity index (χ2n) is 6.69. The van der Waals surface area contributed by atoms with Crippen molar-refractivity contribution in [1.29, 1.82) is 0 Å². The zero-order valence-corrected chi connectivity index (χ0v) is 14.5. The van der Waals surface area contributed by atoms with Gasteiger partial charge in [-0.15, -0.1) is 0 Å². The Kier molecular flexibility index (Phi) is 4.77. The molecule has 4 heterocycles. The number of carbonyl (C=O) groups excluding carboxylic acids is 1. The Bertz CT molecular complexity index is 773. The van der Waals surface area contributed by atoms with E-state index in [0.29, 0.717) is 17.3 Å². The number of carbonyl (C=O) groups is 1. The molecule has 2 N–H and O–H groups in total. The van der Waals surface area contributed by atoms with Gasteiger partial charge in [-0.2, -0.15) is 0 Å². The third kappa shape index (κ3) is 3.51. The van der Waals surface area contributed by atoms with Gasteiger partial charge in [0.2, 0.25) is 0 Å². The van der Waals surface area contributed by atoms with E-state index in [2.05, 4.69) is 24.8 Å². The van der Waals surface area contributed by atoms with Gasteiger partial charge in [0.1, 0.15) is 11.5 Å². The molecule has 26 heavy (non-hydrogen) atoms. The number of nitrogens with two attached hydrogens (primary N) is 1. The van der Waals surface area contributed by atoms with Crippen LogP contribution in [0.4, 0.5) is 5.82 Å². The van der Waals surface area contributed by atoms with E-state index >= 15 is 0 Å². The van der Waals surface area contributed by atoms with Crippen LogP contribution in [0.2, 0.25) is 0 Å². The minimum atomic E-state index is -0.599. The van der Waals surface area contributed by atoms with Gasteiger partial charge < -0.3 is 15.4 Å². The molecule has 0 aromatic carbocycles. The lowest BCUT2D eigenvalue weighted by Gasteiger charge is -2.43. The summed E-state index contributed by atoms with van der Waals surface area (Å²) in [6.07, 6.45) is 3.29. The normalized spacial score (nSPS) is 18.5. The summed E-state index contributed by atoms with van der Waals surface area (Å²) in [6.45, 7) is 6.61. The zero-order valence-electron chi connectivity index (χ0n) is 14.5. The lowest BCUT2D eigenvalue weighted by Crippen LogP contribution is -2.53.